The van der Waals surface area contributed by atoms with E-state index in [9.17, 15) is 4.79 Å². The number of ether oxygens (including phenoxy) is 1. The van der Waals surface area contributed by atoms with Gasteiger partial charge in [-0.05, 0) is 51.0 Å². The maximum atomic E-state index is 12.6. The van der Waals surface area contributed by atoms with E-state index in [0.717, 1.165) is 37.7 Å². The van der Waals surface area contributed by atoms with Gasteiger partial charge in [0.1, 0.15) is 5.60 Å². The normalized spacial score (nSPS) is 17.5. The number of hydrogen-bond donors (Lipinski definition) is 0. The van der Waals surface area contributed by atoms with E-state index in [0.29, 0.717) is 6.61 Å². The van der Waals surface area contributed by atoms with Gasteiger partial charge in [0.05, 0.1) is 0 Å². The van der Waals surface area contributed by atoms with Crippen molar-refractivity contribution in [1.82, 2.24) is 0 Å². The van der Waals surface area contributed by atoms with E-state index < -0.39 is 5.60 Å². The molecule has 0 atom stereocenters. The molecule has 0 heterocycles. The van der Waals surface area contributed by atoms with Gasteiger partial charge in [-0.25, -0.2) is 0 Å². The predicted octanol–water partition coefficient (Wildman–Crippen LogP) is 4.04. The summed E-state index contributed by atoms with van der Waals surface area (Å²) < 4.78 is 5.79. The highest BCUT2D eigenvalue weighted by Gasteiger charge is 2.36. The monoisotopic (exact) mass is 238 g/mol. The summed E-state index contributed by atoms with van der Waals surface area (Å²) in [6, 6.07) is 0. The molecule has 2 heteroatoms. The molecule has 0 aliphatic heterocycles. The van der Waals surface area contributed by atoms with Gasteiger partial charge in [0, 0.05) is 6.61 Å². The maximum Gasteiger partial charge on any atom is 0.190 e. The Hall–Kier alpha value is -0.630. The summed E-state index contributed by atoms with van der Waals surface area (Å²) in [6.07, 6.45) is 9.29. The molecule has 0 aromatic rings. The van der Waals surface area contributed by atoms with E-state index in [1.807, 2.05) is 20.8 Å². The Bertz CT molecular complexity index is 275. The molecule has 1 rings (SSSR count). The lowest BCUT2D eigenvalue weighted by molar-refractivity contribution is -0.141. The van der Waals surface area contributed by atoms with Gasteiger partial charge >= 0.3 is 0 Å². The molecule has 1 aliphatic carbocycles. The lowest BCUT2D eigenvalue weighted by Crippen LogP contribution is -2.41. The van der Waals surface area contributed by atoms with Gasteiger partial charge in [-0.3, -0.25) is 4.79 Å². The molecule has 98 valence electrons. The second-order valence-corrected chi connectivity index (χ2v) is 4.79. The van der Waals surface area contributed by atoms with Crippen LogP contribution < -0.4 is 0 Å². The molecule has 0 spiro atoms. The SMILES string of the molecule is CCOC(CC)(CC)C(=O)C1=CCCCCC1. The molecule has 17 heavy (non-hydrogen) atoms. The van der Waals surface area contributed by atoms with Gasteiger partial charge in [0.25, 0.3) is 0 Å². The van der Waals surface area contributed by atoms with Gasteiger partial charge < -0.3 is 4.74 Å². The zero-order chi connectivity index (χ0) is 12.7. The molecule has 2 nitrogen and oxygen atoms in total. The molecule has 0 aromatic heterocycles. The lowest BCUT2D eigenvalue weighted by Gasteiger charge is -2.30. The number of rotatable bonds is 6. The van der Waals surface area contributed by atoms with Crippen molar-refractivity contribution < 1.29 is 9.53 Å². The molecule has 0 saturated heterocycles. The summed E-state index contributed by atoms with van der Waals surface area (Å²) in [5.74, 6) is 0.242. The first kappa shape index (κ1) is 14.4. The smallest absolute Gasteiger partial charge is 0.190 e. The van der Waals surface area contributed by atoms with Crippen LogP contribution in [0.3, 0.4) is 0 Å². The minimum atomic E-state index is -0.565. The van der Waals surface area contributed by atoms with E-state index >= 15 is 0 Å². The predicted molar refractivity (Wildman–Crippen MR) is 71.1 cm³/mol. The van der Waals surface area contributed by atoms with Crippen LogP contribution in [0.1, 0.15) is 65.7 Å². The van der Waals surface area contributed by atoms with Crippen LogP contribution in [0.4, 0.5) is 0 Å². The Morgan fingerprint density at radius 3 is 2.53 bits per heavy atom. The molecule has 0 aromatic carbocycles. The van der Waals surface area contributed by atoms with Crippen molar-refractivity contribution in [3.63, 3.8) is 0 Å². The topological polar surface area (TPSA) is 26.3 Å². The van der Waals surface area contributed by atoms with Crippen molar-refractivity contribution in [3.8, 4) is 0 Å². The van der Waals surface area contributed by atoms with Crippen LogP contribution in [0.5, 0.6) is 0 Å². The summed E-state index contributed by atoms with van der Waals surface area (Å²) in [7, 11) is 0. The van der Waals surface area contributed by atoms with Gasteiger partial charge in [0.2, 0.25) is 0 Å². The average molecular weight is 238 g/mol. The van der Waals surface area contributed by atoms with E-state index in [2.05, 4.69) is 6.08 Å². The first-order valence-electron chi connectivity index (χ1n) is 7.08. The van der Waals surface area contributed by atoms with Crippen molar-refractivity contribution in [3.05, 3.63) is 11.6 Å². The first-order chi connectivity index (χ1) is 8.20. The maximum absolute atomic E-state index is 12.6. The number of Topliss-reactive ketones (excluding diaryl/α,β-unsaturated/α-hetero) is 1. The average Bonchev–Trinajstić information content (AvgIpc) is 2.64. The third-order valence-corrected chi connectivity index (χ3v) is 3.81. The molecule has 0 fully saturated rings. The summed E-state index contributed by atoms with van der Waals surface area (Å²) in [5, 5.41) is 0. The van der Waals surface area contributed by atoms with E-state index in [1.165, 1.54) is 12.8 Å². The van der Waals surface area contributed by atoms with Crippen molar-refractivity contribution in [2.24, 2.45) is 0 Å². The minimum absolute atomic E-state index is 0.242. The number of allylic oxidation sites excluding steroid dienone is 1. The van der Waals surface area contributed by atoms with Crippen LogP contribution in [-0.4, -0.2) is 18.0 Å². The van der Waals surface area contributed by atoms with Crippen molar-refractivity contribution in [1.29, 1.82) is 0 Å². The summed E-state index contributed by atoms with van der Waals surface area (Å²) in [4.78, 5) is 12.6. The summed E-state index contributed by atoms with van der Waals surface area (Å²) in [6.45, 7) is 6.68. The van der Waals surface area contributed by atoms with Gasteiger partial charge in [-0.2, -0.15) is 0 Å². The molecule has 0 bridgehead atoms. The summed E-state index contributed by atoms with van der Waals surface area (Å²) in [5.41, 5.74) is 0.449. The van der Waals surface area contributed by atoms with Crippen LogP contribution >= 0.6 is 0 Å². The molecule has 0 N–H and O–H groups in total. The molecule has 0 amide bonds. The van der Waals surface area contributed by atoms with Crippen molar-refractivity contribution >= 4 is 5.78 Å². The molecular formula is C15H26O2. The number of carbonyl (C=O) groups is 1. The Balaban J connectivity index is 2.86. The van der Waals surface area contributed by atoms with E-state index in [4.69, 9.17) is 4.74 Å². The third-order valence-electron chi connectivity index (χ3n) is 3.81. The Morgan fingerprint density at radius 1 is 1.24 bits per heavy atom. The van der Waals surface area contributed by atoms with Crippen LogP contribution in [0.25, 0.3) is 0 Å². The second-order valence-electron chi connectivity index (χ2n) is 4.79. The zero-order valence-electron chi connectivity index (χ0n) is 11.6. The van der Waals surface area contributed by atoms with Gasteiger partial charge in [-0.1, -0.05) is 26.3 Å². The van der Waals surface area contributed by atoms with Gasteiger partial charge in [0.15, 0.2) is 5.78 Å². The second kappa shape index (κ2) is 6.95. The van der Waals surface area contributed by atoms with Crippen molar-refractivity contribution in [2.45, 2.75) is 71.3 Å². The van der Waals surface area contributed by atoms with Crippen LogP contribution in [0, 0.1) is 0 Å². The van der Waals surface area contributed by atoms with E-state index in [-0.39, 0.29) is 5.78 Å². The quantitative estimate of drug-likeness (QED) is 0.698. The highest BCUT2D eigenvalue weighted by molar-refractivity contribution is 6.01. The molecule has 0 unspecified atom stereocenters. The Morgan fingerprint density at radius 2 is 1.94 bits per heavy atom. The van der Waals surface area contributed by atoms with Crippen LogP contribution in [0.2, 0.25) is 0 Å². The third kappa shape index (κ3) is 3.41. The minimum Gasteiger partial charge on any atom is -0.367 e. The number of hydrogen-bond acceptors (Lipinski definition) is 2. The number of ketones is 1. The fourth-order valence-corrected chi connectivity index (χ4v) is 2.63. The largest absolute Gasteiger partial charge is 0.367 e. The van der Waals surface area contributed by atoms with E-state index in [1.54, 1.807) is 0 Å². The summed E-state index contributed by atoms with van der Waals surface area (Å²) >= 11 is 0. The molecule has 1 aliphatic rings. The first-order valence-corrected chi connectivity index (χ1v) is 7.08. The van der Waals surface area contributed by atoms with Gasteiger partial charge in [-0.15, -0.1) is 0 Å². The molecule has 0 saturated carbocycles. The fraction of sp³-hybridized carbons (Fsp3) is 0.800. The zero-order valence-corrected chi connectivity index (χ0v) is 11.6. The van der Waals surface area contributed by atoms with Crippen LogP contribution in [-0.2, 0) is 9.53 Å². The highest BCUT2D eigenvalue weighted by atomic mass is 16.5. The van der Waals surface area contributed by atoms with Crippen molar-refractivity contribution in [2.75, 3.05) is 6.61 Å². The standard InChI is InChI=1S/C15H26O2/c1-4-15(5-2,17-6-3)14(16)13-11-9-7-8-10-12-13/h11H,4-10,12H2,1-3H3. The number of carbonyl (C=O) groups excluding carboxylic acids is 1. The highest BCUT2D eigenvalue weighted by Crippen LogP contribution is 2.29. The molecule has 0 radical (unpaired) electrons. The fourth-order valence-electron chi connectivity index (χ4n) is 2.63. The Labute approximate surface area is 105 Å². The van der Waals surface area contributed by atoms with Crippen LogP contribution in [0.15, 0.2) is 11.6 Å². The Kier molecular flexibility index (Phi) is 5.90. The lowest BCUT2D eigenvalue weighted by atomic mass is 9.86. The molecular weight excluding hydrogens is 212 g/mol.